The number of methoxy groups -OCH3 is 1. The number of esters is 2. The maximum Gasteiger partial charge on any atom is 0.313 e. The smallest absolute Gasteiger partial charge is 0.313 e. The van der Waals surface area contributed by atoms with Crippen molar-refractivity contribution in [1.29, 1.82) is 0 Å². The van der Waals surface area contributed by atoms with Crippen LogP contribution >= 0.6 is 0 Å². The number of benzene rings is 1. The van der Waals surface area contributed by atoms with Crippen molar-refractivity contribution < 1.29 is 23.9 Å². The highest BCUT2D eigenvalue weighted by Gasteiger charge is 2.37. The summed E-state index contributed by atoms with van der Waals surface area (Å²) in [6, 6.07) is 7.41. The number of rotatable bonds is 2. The summed E-state index contributed by atoms with van der Waals surface area (Å²) in [4.78, 5) is 35.4. The van der Waals surface area contributed by atoms with Gasteiger partial charge in [0.25, 0.3) is 0 Å². The number of ketones is 1. The number of carbonyl (C=O) groups is 3. The molecule has 0 spiro atoms. The predicted octanol–water partition coefficient (Wildman–Crippen LogP) is 1.99. The first-order chi connectivity index (χ1) is 10.0. The SMILES string of the molecule is COC(=O)[C@H]1CC(=O)CCc2ccccc2[C@@H]1OC(C)=O. The number of fused-ring (bicyclic) bond motifs is 1. The Morgan fingerprint density at radius 3 is 2.57 bits per heavy atom. The minimum Gasteiger partial charge on any atom is -0.469 e. The average Bonchev–Trinajstić information content (AvgIpc) is 2.46. The van der Waals surface area contributed by atoms with Gasteiger partial charge in [0.2, 0.25) is 0 Å². The zero-order chi connectivity index (χ0) is 15.4. The monoisotopic (exact) mass is 290 g/mol. The Morgan fingerprint density at radius 2 is 1.90 bits per heavy atom. The summed E-state index contributed by atoms with van der Waals surface area (Å²) >= 11 is 0. The van der Waals surface area contributed by atoms with Gasteiger partial charge in [0, 0.05) is 19.8 Å². The molecule has 0 unspecified atom stereocenters. The van der Waals surface area contributed by atoms with Crippen molar-refractivity contribution in [2.75, 3.05) is 7.11 Å². The standard InChI is InChI=1S/C16H18O5/c1-10(17)21-15-13-6-4-3-5-11(13)7-8-12(18)9-14(15)16(19)20-2/h3-6,14-15H,7-9H2,1-2H3/t14-,15-/m0/s1. The van der Waals surface area contributed by atoms with Crippen molar-refractivity contribution in [3.63, 3.8) is 0 Å². The van der Waals surface area contributed by atoms with Crippen LogP contribution in [0.3, 0.4) is 0 Å². The van der Waals surface area contributed by atoms with E-state index < -0.39 is 24.0 Å². The molecule has 1 aliphatic rings. The molecule has 0 aliphatic heterocycles. The molecule has 0 radical (unpaired) electrons. The maximum atomic E-state index is 12.0. The summed E-state index contributed by atoms with van der Waals surface area (Å²) in [5.74, 6) is -1.85. The van der Waals surface area contributed by atoms with E-state index in [1.54, 1.807) is 0 Å². The number of hydrogen-bond acceptors (Lipinski definition) is 5. The van der Waals surface area contributed by atoms with Crippen molar-refractivity contribution in [2.24, 2.45) is 5.92 Å². The number of aryl methyl sites for hydroxylation is 1. The topological polar surface area (TPSA) is 69.7 Å². The Hall–Kier alpha value is -2.17. The first kappa shape index (κ1) is 15.2. The van der Waals surface area contributed by atoms with Gasteiger partial charge in [0.05, 0.1) is 7.11 Å². The molecule has 2 atom stereocenters. The summed E-state index contributed by atoms with van der Waals surface area (Å²) in [6.07, 6.45) is 0.201. The van der Waals surface area contributed by atoms with Gasteiger partial charge in [-0.3, -0.25) is 14.4 Å². The van der Waals surface area contributed by atoms with Crippen LogP contribution in [-0.4, -0.2) is 24.8 Å². The lowest BCUT2D eigenvalue weighted by molar-refractivity contribution is -0.161. The molecule has 0 saturated carbocycles. The predicted molar refractivity (Wildman–Crippen MR) is 74.4 cm³/mol. The zero-order valence-electron chi connectivity index (χ0n) is 12.1. The molecule has 2 rings (SSSR count). The molecule has 0 amide bonds. The first-order valence-corrected chi connectivity index (χ1v) is 6.87. The molecule has 112 valence electrons. The van der Waals surface area contributed by atoms with Gasteiger partial charge in [-0.2, -0.15) is 0 Å². The second-order valence-corrected chi connectivity index (χ2v) is 5.10. The van der Waals surface area contributed by atoms with Gasteiger partial charge in [-0.05, 0) is 17.5 Å². The van der Waals surface area contributed by atoms with E-state index in [-0.39, 0.29) is 12.2 Å². The van der Waals surface area contributed by atoms with Crippen LogP contribution in [0.2, 0.25) is 0 Å². The van der Waals surface area contributed by atoms with E-state index in [4.69, 9.17) is 9.47 Å². The molecule has 0 heterocycles. The van der Waals surface area contributed by atoms with E-state index in [9.17, 15) is 14.4 Å². The van der Waals surface area contributed by atoms with Gasteiger partial charge in [-0.25, -0.2) is 0 Å². The molecule has 5 nitrogen and oxygen atoms in total. The van der Waals surface area contributed by atoms with Crippen LogP contribution in [0.5, 0.6) is 0 Å². The van der Waals surface area contributed by atoms with Crippen LogP contribution in [0.1, 0.15) is 37.0 Å². The summed E-state index contributed by atoms with van der Waals surface area (Å²) in [7, 11) is 1.27. The van der Waals surface area contributed by atoms with Crippen molar-refractivity contribution in [2.45, 2.75) is 32.3 Å². The van der Waals surface area contributed by atoms with Crippen LogP contribution in [0.25, 0.3) is 0 Å². The largest absolute Gasteiger partial charge is 0.469 e. The fourth-order valence-electron chi connectivity index (χ4n) is 2.67. The normalized spacial score (nSPS) is 21.7. The molecule has 1 aliphatic carbocycles. The highest BCUT2D eigenvalue weighted by molar-refractivity contribution is 5.86. The molecule has 0 bridgehead atoms. The van der Waals surface area contributed by atoms with E-state index in [0.717, 1.165) is 11.1 Å². The number of Topliss-reactive ketones (excluding diaryl/α,β-unsaturated/α-hetero) is 1. The Bertz CT molecular complexity index is 564. The maximum absolute atomic E-state index is 12.0. The highest BCUT2D eigenvalue weighted by atomic mass is 16.6. The van der Waals surface area contributed by atoms with Gasteiger partial charge in [0.15, 0.2) is 0 Å². The van der Waals surface area contributed by atoms with Crippen molar-refractivity contribution in [1.82, 2.24) is 0 Å². The second kappa shape index (κ2) is 6.52. The molecule has 1 aromatic carbocycles. The third kappa shape index (κ3) is 3.48. The minimum atomic E-state index is -0.798. The second-order valence-electron chi connectivity index (χ2n) is 5.10. The number of hydrogen-bond donors (Lipinski definition) is 0. The van der Waals surface area contributed by atoms with Crippen LogP contribution in [0.15, 0.2) is 24.3 Å². The fraction of sp³-hybridized carbons (Fsp3) is 0.438. The van der Waals surface area contributed by atoms with E-state index >= 15 is 0 Å². The van der Waals surface area contributed by atoms with Crippen LogP contribution in [-0.2, 0) is 30.3 Å². The fourth-order valence-corrected chi connectivity index (χ4v) is 2.67. The molecule has 0 aromatic heterocycles. The molecule has 21 heavy (non-hydrogen) atoms. The lowest BCUT2D eigenvalue weighted by atomic mass is 9.83. The quantitative estimate of drug-likeness (QED) is 0.779. The van der Waals surface area contributed by atoms with E-state index in [1.807, 2.05) is 24.3 Å². The minimum absolute atomic E-state index is 0.0267. The Balaban J connectivity index is 2.49. The Morgan fingerprint density at radius 1 is 1.19 bits per heavy atom. The molecule has 0 saturated heterocycles. The van der Waals surface area contributed by atoms with Gasteiger partial charge >= 0.3 is 11.9 Å². The van der Waals surface area contributed by atoms with Crippen molar-refractivity contribution in [3.05, 3.63) is 35.4 Å². The number of ether oxygens (including phenoxy) is 2. The third-order valence-electron chi connectivity index (χ3n) is 3.64. The molecule has 1 aromatic rings. The first-order valence-electron chi connectivity index (χ1n) is 6.87. The molecule has 0 fully saturated rings. The molecule has 0 N–H and O–H groups in total. The van der Waals surface area contributed by atoms with Gasteiger partial charge in [0.1, 0.15) is 17.8 Å². The summed E-state index contributed by atoms with van der Waals surface area (Å²) in [5.41, 5.74) is 1.70. The summed E-state index contributed by atoms with van der Waals surface area (Å²) < 4.78 is 10.1. The van der Waals surface area contributed by atoms with Gasteiger partial charge < -0.3 is 9.47 Å². The average molecular weight is 290 g/mol. The van der Waals surface area contributed by atoms with E-state index in [2.05, 4.69) is 0 Å². The highest BCUT2D eigenvalue weighted by Crippen LogP contribution is 2.35. The molecule has 5 heteroatoms. The van der Waals surface area contributed by atoms with Crippen molar-refractivity contribution in [3.8, 4) is 0 Å². The van der Waals surface area contributed by atoms with Crippen LogP contribution < -0.4 is 0 Å². The summed E-state index contributed by atoms with van der Waals surface area (Å²) in [5, 5.41) is 0. The lowest BCUT2D eigenvalue weighted by Gasteiger charge is -2.28. The molecular formula is C16H18O5. The van der Waals surface area contributed by atoms with Gasteiger partial charge in [-0.1, -0.05) is 24.3 Å². The molecular weight excluding hydrogens is 272 g/mol. The van der Waals surface area contributed by atoms with Crippen LogP contribution in [0, 0.1) is 5.92 Å². The van der Waals surface area contributed by atoms with Gasteiger partial charge in [-0.15, -0.1) is 0 Å². The zero-order valence-corrected chi connectivity index (χ0v) is 12.1. The van der Waals surface area contributed by atoms with Crippen molar-refractivity contribution >= 4 is 17.7 Å². The number of carbonyl (C=O) groups excluding carboxylic acids is 3. The van der Waals surface area contributed by atoms with E-state index in [0.29, 0.717) is 12.8 Å². The lowest BCUT2D eigenvalue weighted by Crippen LogP contribution is -2.31. The third-order valence-corrected chi connectivity index (χ3v) is 3.64. The Labute approximate surface area is 123 Å². The van der Waals surface area contributed by atoms with Crippen LogP contribution in [0.4, 0.5) is 0 Å². The van der Waals surface area contributed by atoms with E-state index in [1.165, 1.54) is 14.0 Å². The summed E-state index contributed by atoms with van der Waals surface area (Å²) in [6.45, 7) is 1.29. The Kier molecular flexibility index (Phi) is 4.73.